The highest BCUT2D eigenvalue weighted by molar-refractivity contribution is 5.98. The van der Waals surface area contributed by atoms with Crippen molar-refractivity contribution in [1.29, 1.82) is 0 Å². The third-order valence-corrected chi connectivity index (χ3v) is 6.32. The average Bonchev–Trinajstić information content (AvgIpc) is 3.14. The number of hydrogen-bond acceptors (Lipinski definition) is 5. The molecule has 158 valence electrons. The lowest BCUT2D eigenvalue weighted by atomic mass is 9.95. The Kier molecular flexibility index (Phi) is 6.07. The fourth-order valence-corrected chi connectivity index (χ4v) is 4.82. The number of carbonyl (C=O) groups excluding carboxylic acids is 1. The van der Waals surface area contributed by atoms with Crippen LogP contribution in [-0.2, 0) is 4.74 Å². The van der Waals surface area contributed by atoms with Gasteiger partial charge in [0.15, 0.2) is 11.3 Å². The van der Waals surface area contributed by atoms with Crippen LogP contribution in [0.3, 0.4) is 0 Å². The predicted octanol–water partition coefficient (Wildman–Crippen LogP) is 5.23. The molecular formula is C23H34N4O2. The molecule has 2 aromatic heterocycles. The number of rotatable bonds is 5. The summed E-state index contributed by atoms with van der Waals surface area (Å²) in [6.07, 6.45) is 9.69. The molecule has 3 heterocycles. The summed E-state index contributed by atoms with van der Waals surface area (Å²) < 4.78 is 7.45. The molecule has 2 aliphatic rings. The Morgan fingerprint density at radius 1 is 1.14 bits per heavy atom. The fraction of sp³-hybridized carbons (Fsp3) is 0.696. The molecule has 1 saturated carbocycles. The van der Waals surface area contributed by atoms with Gasteiger partial charge in [0.25, 0.3) is 0 Å². The Hall–Kier alpha value is -2.11. The number of anilines is 1. The van der Waals surface area contributed by atoms with E-state index in [4.69, 9.17) is 14.8 Å². The van der Waals surface area contributed by atoms with E-state index in [1.54, 1.807) is 0 Å². The van der Waals surface area contributed by atoms with Crippen molar-refractivity contribution in [3.63, 3.8) is 0 Å². The fourth-order valence-electron chi connectivity index (χ4n) is 4.82. The first-order chi connectivity index (χ1) is 14.1. The molecule has 0 unspecified atom stereocenters. The van der Waals surface area contributed by atoms with Gasteiger partial charge in [0, 0.05) is 13.1 Å². The highest BCUT2D eigenvalue weighted by atomic mass is 16.5. The standard InChI is InChI=1S/C23H34N4O2/c1-4-29-23(28)18-15-19(26-13-9-6-10-14-26)20-21(16(2)3)25-27(22(20)24-18)17-11-7-5-8-12-17/h15-17H,4-14H2,1-3H3. The number of esters is 1. The summed E-state index contributed by atoms with van der Waals surface area (Å²) in [6, 6.07) is 2.32. The minimum Gasteiger partial charge on any atom is -0.461 e. The third-order valence-electron chi connectivity index (χ3n) is 6.32. The molecule has 1 aliphatic carbocycles. The molecule has 6 nitrogen and oxygen atoms in total. The Labute approximate surface area is 173 Å². The van der Waals surface area contributed by atoms with Crippen LogP contribution >= 0.6 is 0 Å². The number of piperidine rings is 1. The Morgan fingerprint density at radius 2 is 1.83 bits per heavy atom. The summed E-state index contributed by atoms with van der Waals surface area (Å²) in [5.74, 6) is -0.0312. The van der Waals surface area contributed by atoms with Gasteiger partial charge in [0.05, 0.1) is 29.4 Å². The maximum absolute atomic E-state index is 12.6. The van der Waals surface area contributed by atoms with Gasteiger partial charge in [-0.3, -0.25) is 0 Å². The van der Waals surface area contributed by atoms with E-state index in [0.29, 0.717) is 24.3 Å². The summed E-state index contributed by atoms with van der Waals surface area (Å²) in [6.45, 7) is 8.64. The summed E-state index contributed by atoms with van der Waals surface area (Å²) in [4.78, 5) is 19.9. The molecule has 0 spiro atoms. The zero-order valence-electron chi connectivity index (χ0n) is 18.1. The number of carbonyl (C=O) groups is 1. The van der Waals surface area contributed by atoms with Gasteiger partial charge < -0.3 is 9.64 Å². The average molecular weight is 399 g/mol. The van der Waals surface area contributed by atoms with Gasteiger partial charge in [-0.05, 0) is 51.0 Å². The van der Waals surface area contributed by atoms with Crippen LogP contribution in [0.15, 0.2) is 6.07 Å². The topological polar surface area (TPSA) is 60.2 Å². The van der Waals surface area contributed by atoms with Crippen LogP contribution in [0.1, 0.15) is 100 Å². The number of pyridine rings is 1. The Bertz CT molecular complexity index is 861. The van der Waals surface area contributed by atoms with Gasteiger partial charge in [-0.15, -0.1) is 0 Å². The van der Waals surface area contributed by atoms with E-state index in [0.717, 1.165) is 48.3 Å². The van der Waals surface area contributed by atoms with E-state index < -0.39 is 0 Å². The number of hydrogen-bond donors (Lipinski definition) is 0. The van der Waals surface area contributed by atoms with Gasteiger partial charge in [0.2, 0.25) is 0 Å². The highest BCUT2D eigenvalue weighted by Crippen LogP contribution is 2.38. The van der Waals surface area contributed by atoms with E-state index in [9.17, 15) is 4.79 Å². The first-order valence-corrected chi connectivity index (χ1v) is 11.4. The Morgan fingerprint density at radius 3 is 2.48 bits per heavy atom. The zero-order valence-corrected chi connectivity index (χ0v) is 18.1. The maximum Gasteiger partial charge on any atom is 0.357 e. The molecule has 0 bridgehead atoms. The second kappa shape index (κ2) is 8.72. The van der Waals surface area contributed by atoms with Gasteiger partial charge in [-0.2, -0.15) is 5.10 Å². The minimum atomic E-state index is -0.338. The molecule has 0 N–H and O–H groups in total. The number of aromatic nitrogens is 3. The lowest BCUT2D eigenvalue weighted by Crippen LogP contribution is -2.30. The van der Waals surface area contributed by atoms with Gasteiger partial charge >= 0.3 is 5.97 Å². The first kappa shape index (κ1) is 20.2. The largest absolute Gasteiger partial charge is 0.461 e. The van der Waals surface area contributed by atoms with E-state index in [1.165, 1.54) is 38.5 Å². The molecule has 1 aliphatic heterocycles. The molecule has 0 radical (unpaired) electrons. The molecule has 0 aromatic carbocycles. The molecule has 4 rings (SSSR count). The van der Waals surface area contributed by atoms with E-state index in [2.05, 4.69) is 23.4 Å². The second-order valence-corrected chi connectivity index (χ2v) is 8.77. The third kappa shape index (κ3) is 3.99. The van der Waals surface area contributed by atoms with Crippen molar-refractivity contribution in [3.8, 4) is 0 Å². The molecule has 0 amide bonds. The SMILES string of the molecule is CCOC(=O)c1cc(N2CCCCC2)c2c(C(C)C)nn(C3CCCCC3)c2n1. The van der Waals surface area contributed by atoms with Crippen molar-refractivity contribution >= 4 is 22.7 Å². The lowest BCUT2D eigenvalue weighted by Gasteiger charge is -2.30. The number of nitrogens with zero attached hydrogens (tertiary/aromatic N) is 4. The zero-order chi connectivity index (χ0) is 20.4. The quantitative estimate of drug-likeness (QED) is 0.646. The normalized spacial score (nSPS) is 18.6. The molecule has 0 atom stereocenters. The van der Waals surface area contributed by atoms with Crippen LogP contribution < -0.4 is 4.90 Å². The molecule has 2 fully saturated rings. The van der Waals surface area contributed by atoms with E-state index in [-0.39, 0.29) is 5.97 Å². The van der Waals surface area contributed by atoms with Crippen molar-refractivity contribution in [2.75, 3.05) is 24.6 Å². The number of ether oxygens (including phenoxy) is 1. The lowest BCUT2D eigenvalue weighted by molar-refractivity contribution is 0.0520. The number of fused-ring (bicyclic) bond motifs is 1. The Balaban J connectivity index is 1.92. The van der Waals surface area contributed by atoms with Crippen molar-refractivity contribution < 1.29 is 9.53 Å². The predicted molar refractivity (Wildman–Crippen MR) is 116 cm³/mol. The second-order valence-electron chi connectivity index (χ2n) is 8.77. The van der Waals surface area contributed by atoms with Crippen LogP contribution in [0.4, 0.5) is 5.69 Å². The van der Waals surface area contributed by atoms with Crippen molar-refractivity contribution in [3.05, 3.63) is 17.5 Å². The van der Waals surface area contributed by atoms with Crippen LogP contribution in [0.2, 0.25) is 0 Å². The van der Waals surface area contributed by atoms with Crippen molar-refractivity contribution in [1.82, 2.24) is 14.8 Å². The monoisotopic (exact) mass is 398 g/mol. The van der Waals surface area contributed by atoms with Crippen LogP contribution in [-0.4, -0.2) is 40.4 Å². The summed E-state index contributed by atoms with van der Waals surface area (Å²) in [7, 11) is 0. The minimum absolute atomic E-state index is 0.307. The van der Waals surface area contributed by atoms with Crippen molar-refractivity contribution in [2.24, 2.45) is 0 Å². The molecule has 29 heavy (non-hydrogen) atoms. The van der Waals surface area contributed by atoms with Crippen LogP contribution in [0, 0.1) is 0 Å². The first-order valence-electron chi connectivity index (χ1n) is 11.4. The molecule has 6 heteroatoms. The molecule has 1 saturated heterocycles. The maximum atomic E-state index is 12.6. The molecule has 2 aromatic rings. The van der Waals surface area contributed by atoms with Crippen LogP contribution in [0.25, 0.3) is 11.0 Å². The molecular weight excluding hydrogens is 364 g/mol. The van der Waals surface area contributed by atoms with Gasteiger partial charge in [-0.1, -0.05) is 33.1 Å². The van der Waals surface area contributed by atoms with Gasteiger partial charge in [-0.25, -0.2) is 14.5 Å². The van der Waals surface area contributed by atoms with Gasteiger partial charge in [0.1, 0.15) is 0 Å². The van der Waals surface area contributed by atoms with E-state index >= 15 is 0 Å². The smallest absolute Gasteiger partial charge is 0.357 e. The highest BCUT2D eigenvalue weighted by Gasteiger charge is 2.28. The summed E-state index contributed by atoms with van der Waals surface area (Å²) in [5, 5.41) is 6.23. The van der Waals surface area contributed by atoms with E-state index in [1.807, 2.05) is 13.0 Å². The van der Waals surface area contributed by atoms with Crippen LogP contribution in [0.5, 0.6) is 0 Å². The summed E-state index contributed by atoms with van der Waals surface area (Å²) >= 11 is 0. The summed E-state index contributed by atoms with van der Waals surface area (Å²) in [5.41, 5.74) is 3.50. The van der Waals surface area contributed by atoms with Crippen molar-refractivity contribution in [2.45, 2.75) is 84.1 Å².